The Bertz CT molecular complexity index is 615. The van der Waals surface area contributed by atoms with E-state index in [9.17, 15) is 20.2 Å². The number of nitro benzene ring substituents is 2. The molecule has 0 radical (unpaired) electrons. The summed E-state index contributed by atoms with van der Waals surface area (Å²) in [4.78, 5) is 29.5. The summed E-state index contributed by atoms with van der Waals surface area (Å²) in [5.41, 5.74) is -1.78. The summed E-state index contributed by atoms with van der Waals surface area (Å²) in [5, 5.41) is 22.1. The lowest BCUT2D eigenvalue weighted by Gasteiger charge is -2.26. The number of anilines is 2. The van der Waals surface area contributed by atoms with Gasteiger partial charge in [0.25, 0.3) is 0 Å². The van der Waals surface area contributed by atoms with Gasteiger partial charge in [-0.3, -0.25) is 20.2 Å². The monoisotopic (exact) mass is 294 g/mol. The van der Waals surface area contributed by atoms with Gasteiger partial charge in [0.15, 0.2) is 15.7 Å². The van der Waals surface area contributed by atoms with Gasteiger partial charge < -0.3 is 0 Å². The van der Waals surface area contributed by atoms with Crippen molar-refractivity contribution in [2.45, 2.75) is 0 Å². The number of benzene rings is 1. The molecule has 0 aliphatic carbocycles. The third-order valence-corrected chi connectivity index (χ3v) is 3.02. The minimum atomic E-state index is -0.913. The molecule has 0 saturated carbocycles. The number of hydrogen-bond donors (Lipinski definition) is 0. The predicted octanol–water partition coefficient (Wildman–Crippen LogP) is 2.14. The predicted molar refractivity (Wildman–Crippen MR) is 56.9 cm³/mol. The van der Waals surface area contributed by atoms with Crippen LogP contribution < -0.4 is 10.5 Å². The van der Waals surface area contributed by atoms with Crippen LogP contribution in [0.2, 0.25) is 10.0 Å². The zero-order valence-corrected chi connectivity index (χ0v) is 9.51. The fraction of sp³-hybridized carbons (Fsp3) is 0. The van der Waals surface area contributed by atoms with E-state index in [0.717, 1.165) is 0 Å². The molecule has 1 aromatic rings. The minimum Gasteiger partial charge on any atom is -0.258 e. The molecule has 3 heterocycles. The van der Waals surface area contributed by atoms with Gasteiger partial charge >= 0.3 is 11.4 Å². The maximum absolute atomic E-state index is 10.9. The Morgan fingerprint density at radius 3 is 1.89 bits per heavy atom. The first-order valence-electron chi connectivity index (χ1n) is 4.23. The van der Waals surface area contributed by atoms with Gasteiger partial charge in [-0.1, -0.05) is 43.5 Å². The van der Waals surface area contributed by atoms with E-state index in [4.69, 9.17) is 33.1 Å². The zero-order chi connectivity index (χ0) is 13.2. The van der Waals surface area contributed by atoms with Crippen molar-refractivity contribution in [1.29, 1.82) is 0 Å². The largest absolute Gasteiger partial charge is 0.325 e. The van der Waals surface area contributed by atoms with Crippen molar-refractivity contribution in [3.63, 3.8) is 0 Å². The first-order chi connectivity index (χ1) is 8.43. The van der Waals surface area contributed by atoms with E-state index in [0.29, 0.717) is 10.5 Å². The molecule has 3 aliphatic heterocycles. The van der Waals surface area contributed by atoms with Gasteiger partial charge in [0.2, 0.25) is 5.69 Å². The third-order valence-electron chi connectivity index (χ3n) is 2.31. The standard InChI is InChI=1S/C6Cl2N4O6/c7-1-3(9(13)14)2(8)5-6(4(1)10(15)16)12-17-11(5)18-12. The molecule has 1 saturated heterocycles. The lowest BCUT2D eigenvalue weighted by molar-refractivity contribution is -0.393. The van der Waals surface area contributed by atoms with Gasteiger partial charge in [-0.2, -0.15) is 0 Å². The topological polar surface area (TPSA) is 111 Å². The third kappa shape index (κ3) is 1.14. The van der Waals surface area contributed by atoms with Crippen LogP contribution in [0.25, 0.3) is 0 Å². The quantitative estimate of drug-likeness (QED) is 0.602. The van der Waals surface area contributed by atoms with Crippen molar-refractivity contribution in [2.24, 2.45) is 0 Å². The number of rotatable bonds is 2. The van der Waals surface area contributed by atoms with Gasteiger partial charge in [-0.15, -0.1) is 0 Å². The van der Waals surface area contributed by atoms with E-state index in [-0.39, 0.29) is 11.4 Å². The highest BCUT2D eigenvalue weighted by molar-refractivity contribution is 6.42. The van der Waals surface area contributed by atoms with Crippen LogP contribution in [0.15, 0.2) is 0 Å². The van der Waals surface area contributed by atoms with Crippen LogP contribution in [0.1, 0.15) is 0 Å². The van der Waals surface area contributed by atoms with E-state index < -0.39 is 31.3 Å². The fourth-order valence-corrected chi connectivity index (χ4v) is 2.30. The second-order valence-electron chi connectivity index (χ2n) is 3.21. The van der Waals surface area contributed by atoms with E-state index in [1.165, 1.54) is 0 Å². The summed E-state index contributed by atoms with van der Waals surface area (Å²) < 4.78 is 0. The first-order valence-corrected chi connectivity index (χ1v) is 4.99. The molecule has 0 aromatic heterocycles. The highest BCUT2D eigenvalue weighted by atomic mass is 35.5. The van der Waals surface area contributed by atoms with Crippen molar-refractivity contribution in [2.75, 3.05) is 10.5 Å². The number of hydrogen-bond acceptors (Lipinski definition) is 8. The van der Waals surface area contributed by atoms with Gasteiger partial charge in [0.05, 0.1) is 9.85 Å². The van der Waals surface area contributed by atoms with Crippen LogP contribution >= 0.6 is 23.2 Å². The molecular weight excluding hydrogens is 295 g/mol. The Hall–Kier alpha value is -1.88. The lowest BCUT2D eigenvalue weighted by Crippen LogP contribution is -2.43. The summed E-state index contributed by atoms with van der Waals surface area (Å²) in [7, 11) is 0. The molecule has 18 heavy (non-hydrogen) atoms. The molecule has 0 atom stereocenters. The van der Waals surface area contributed by atoms with Crippen LogP contribution in [0.4, 0.5) is 22.7 Å². The molecule has 1 aromatic carbocycles. The minimum absolute atomic E-state index is 0.125. The van der Waals surface area contributed by atoms with Crippen molar-refractivity contribution in [3.05, 3.63) is 30.3 Å². The van der Waals surface area contributed by atoms with Crippen LogP contribution in [0, 0.1) is 20.2 Å². The maximum Gasteiger partial charge on any atom is 0.325 e. The summed E-state index contributed by atoms with van der Waals surface area (Å²) in [5.74, 6) is 0. The normalized spacial score (nSPS) is 15.4. The van der Waals surface area contributed by atoms with Gasteiger partial charge in [-0.25, -0.2) is 0 Å². The average Bonchev–Trinajstić information content (AvgIpc) is 2.69. The molecule has 0 amide bonds. The van der Waals surface area contributed by atoms with E-state index >= 15 is 0 Å². The second-order valence-corrected chi connectivity index (χ2v) is 3.97. The number of halogens is 2. The molecule has 0 N–H and O–H groups in total. The van der Waals surface area contributed by atoms with Crippen molar-refractivity contribution in [1.82, 2.24) is 0 Å². The van der Waals surface area contributed by atoms with Crippen molar-refractivity contribution >= 4 is 46.0 Å². The molecule has 1 fully saturated rings. The first kappa shape index (κ1) is 11.2. The molecule has 94 valence electrons. The second kappa shape index (κ2) is 3.32. The smallest absolute Gasteiger partial charge is 0.258 e. The average molecular weight is 295 g/mol. The number of nitro groups is 2. The molecule has 10 nitrogen and oxygen atoms in total. The summed E-state index contributed by atoms with van der Waals surface area (Å²) in [6.07, 6.45) is 0. The van der Waals surface area contributed by atoms with E-state index in [2.05, 4.69) is 0 Å². The highest BCUT2D eigenvalue weighted by Gasteiger charge is 2.53. The van der Waals surface area contributed by atoms with E-state index in [1.807, 2.05) is 0 Å². The molecule has 4 rings (SSSR count). The molecular formula is C6Cl2N4O6. The molecule has 3 aliphatic rings. The SMILES string of the molecule is O=[N+]([O-])c1c(Cl)c2c(c([N+](=O)[O-])c1Cl)N1ON2O1. The molecule has 0 spiro atoms. The Morgan fingerprint density at radius 1 is 0.889 bits per heavy atom. The van der Waals surface area contributed by atoms with Crippen LogP contribution in [-0.4, -0.2) is 9.85 Å². The van der Waals surface area contributed by atoms with Crippen LogP contribution in [-0.2, 0) is 9.88 Å². The Labute approximate surface area is 107 Å². The summed E-state index contributed by atoms with van der Waals surface area (Å²) in [6, 6.07) is 0. The molecule has 0 unspecified atom stereocenters. The fourth-order valence-electron chi connectivity index (χ4n) is 1.61. The van der Waals surface area contributed by atoms with Gasteiger partial charge in [0, 0.05) is 0 Å². The van der Waals surface area contributed by atoms with Gasteiger partial charge in [-0.05, 0) is 0 Å². The Morgan fingerprint density at radius 2 is 1.39 bits per heavy atom. The maximum atomic E-state index is 10.9. The molecule has 2 bridgehead atoms. The molecule has 12 heteroatoms. The van der Waals surface area contributed by atoms with Crippen LogP contribution in [0.5, 0.6) is 0 Å². The zero-order valence-electron chi connectivity index (χ0n) is 7.99. The van der Waals surface area contributed by atoms with Crippen LogP contribution in [0.3, 0.4) is 0 Å². The highest BCUT2D eigenvalue weighted by Crippen LogP contribution is 2.59. The van der Waals surface area contributed by atoms with E-state index in [1.54, 1.807) is 0 Å². The van der Waals surface area contributed by atoms with Crippen molar-refractivity contribution in [3.8, 4) is 0 Å². The number of nitrogens with zero attached hydrogens (tertiary/aromatic N) is 4. The lowest BCUT2D eigenvalue weighted by atomic mass is 10.2. The summed E-state index contributed by atoms with van der Waals surface area (Å²) in [6.45, 7) is 0. The Kier molecular flexibility index (Phi) is 2.07. The van der Waals surface area contributed by atoms with Crippen molar-refractivity contribution < 1.29 is 19.7 Å². The van der Waals surface area contributed by atoms with Gasteiger partial charge in [0.1, 0.15) is 0 Å². The summed E-state index contributed by atoms with van der Waals surface area (Å²) >= 11 is 11.4. The Balaban J connectivity index is 2.41.